The molecule has 0 radical (unpaired) electrons. The van der Waals surface area contributed by atoms with Crippen LogP contribution in [0, 0.1) is 0 Å². The summed E-state index contributed by atoms with van der Waals surface area (Å²) < 4.78 is 10.3. The molecule has 1 aromatic rings. The van der Waals surface area contributed by atoms with Crippen molar-refractivity contribution in [1.82, 2.24) is 4.98 Å². The smallest absolute Gasteiger partial charge is 0.137 e. The monoisotopic (exact) mass is 225 g/mol. The summed E-state index contributed by atoms with van der Waals surface area (Å²) in [7, 11) is 3.18. The number of hydrogen-bond donors (Lipinski definition) is 1. The highest BCUT2D eigenvalue weighted by Crippen LogP contribution is 2.24. The highest BCUT2D eigenvalue weighted by molar-refractivity contribution is 5.25. The van der Waals surface area contributed by atoms with Crippen LogP contribution >= 0.6 is 0 Å². The molecule has 0 amide bonds. The van der Waals surface area contributed by atoms with Gasteiger partial charge in [0, 0.05) is 18.9 Å². The van der Waals surface area contributed by atoms with Gasteiger partial charge in [-0.05, 0) is 12.5 Å². The number of aliphatic hydroxyl groups is 1. The van der Waals surface area contributed by atoms with E-state index in [1.165, 1.54) is 0 Å². The third-order valence-electron chi connectivity index (χ3n) is 2.54. The number of ether oxygens (including phenoxy) is 2. The van der Waals surface area contributed by atoms with Gasteiger partial charge in [0.15, 0.2) is 0 Å². The summed E-state index contributed by atoms with van der Waals surface area (Å²) in [6, 6.07) is 1.78. The first-order chi connectivity index (χ1) is 7.72. The van der Waals surface area contributed by atoms with Crippen LogP contribution in [0.2, 0.25) is 0 Å². The number of hydrogen-bond acceptors (Lipinski definition) is 4. The van der Waals surface area contributed by atoms with E-state index < -0.39 is 6.10 Å². The van der Waals surface area contributed by atoms with Crippen molar-refractivity contribution in [1.29, 1.82) is 0 Å². The van der Waals surface area contributed by atoms with Gasteiger partial charge in [-0.25, -0.2) is 0 Å². The second-order valence-corrected chi connectivity index (χ2v) is 3.67. The Bertz CT molecular complexity index is 317. The Labute approximate surface area is 96.2 Å². The van der Waals surface area contributed by atoms with E-state index >= 15 is 0 Å². The fraction of sp³-hybridized carbons (Fsp3) is 0.583. The van der Waals surface area contributed by atoms with Gasteiger partial charge in [0.25, 0.3) is 0 Å². The Morgan fingerprint density at radius 2 is 2.12 bits per heavy atom. The summed E-state index contributed by atoms with van der Waals surface area (Å²) in [5.41, 5.74) is 0.722. The van der Waals surface area contributed by atoms with Crippen molar-refractivity contribution in [2.75, 3.05) is 14.2 Å². The number of nitrogens with zero attached hydrogens (tertiary/aromatic N) is 1. The molecule has 1 rings (SSSR count). The second-order valence-electron chi connectivity index (χ2n) is 3.67. The summed E-state index contributed by atoms with van der Waals surface area (Å²) >= 11 is 0. The van der Waals surface area contributed by atoms with Crippen LogP contribution < -0.4 is 4.74 Å². The molecule has 1 N–H and O–H groups in total. The highest BCUT2D eigenvalue weighted by Gasteiger charge is 2.20. The molecular formula is C12H19NO3. The van der Waals surface area contributed by atoms with Crippen LogP contribution in [-0.4, -0.2) is 30.4 Å². The Morgan fingerprint density at radius 3 is 2.69 bits per heavy atom. The third kappa shape index (κ3) is 3.18. The predicted molar refractivity (Wildman–Crippen MR) is 61.5 cm³/mol. The van der Waals surface area contributed by atoms with Gasteiger partial charge in [-0.2, -0.15) is 0 Å². The average Bonchev–Trinajstić information content (AvgIpc) is 2.35. The zero-order valence-electron chi connectivity index (χ0n) is 10.0. The van der Waals surface area contributed by atoms with Gasteiger partial charge in [-0.15, -0.1) is 0 Å². The van der Waals surface area contributed by atoms with Crippen molar-refractivity contribution in [3.05, 3.63) is 24.0 Å². The lowest BCUT2D eigenvalue weighted by Gasteiger charge is -2.21. The molecule has 1 aromatic heterocycles. The van der Waals surface area contributed by atoms with Gasteiger partial charge in [0.05, 0.1) is 19.4 Å². The molecule has 4 heteroatoms. The third-order valence-corrected chi connectivity index (χ3v) is 2.54. The Kier molecular flexibility index (Phi) is 5.22. The summed E-state index contributed by atoms with van der Waals surface area (Å²) in [5.74, 6) is 0.642. The first kappa shape index (κ1) is 12.9. The number of aliphatic hydroxyl groups excluding tert-OH is 1. The van der Waals surface area contributed by atoms with Crippen molar-refractivity contribution in [3.8, 4) is 5.75 Å². The zero-order valence-corrected chi connectivity index (χ0v) is 10.0. The molecule has 2 atom stereocenters. The molecule has 0 fully saturated rings. The molecule has 4 nitrogen and oxygen atoms in total. The zero-order chi connectivity index (χ0) is 12.0. The molecule has 90 valence electrons. The van der Waals surface area contributed by atoms with Crippen LogP contribution in [0.3, 0.4) is 0 Å². The molecule has 1 heterocycles. The fourth-order valence-electron chi connectivity index (χ4n) is 1.61. The molecule has 2 unspecified atom stereocenters. The lowest BCUT2D eigenvalue weighted by atomic mass is 10.0. The topological polar surface area (TPSA) is 51.6 Å². The molecule has 0 saturated heterocycles. The van der Waals surface area contributed by atoms with Crippen LogP contribution in [0.1, 0.15) is 31.4 Å². The van der Waals surface area contributed by atoms with E-state index in [2.05, 4.69) is 11.9 Å². The van der Waals surface area contributed by atoms with E-state index in [4.69, 9.17) is 9.47 Å². The first-order valence-corrected chi connectivity index (χ1v) is 5.42. The minimum absolute atomic E-state index is 0.195. The standard InChI is InChI=1S/C12H19NO3/c1-4-5-11(16-3)12(14)9-6-10(15-2)8-13-7-9/h6-8,11-12,14H,4-5H2,1-3H3. The lowest BCUT2D eigenvalue weighted by molar-refractivity contribution is -0.0182. The average molecular weight is 225 g/mol. The first-order valence-electron chi connectivity index (χ1n) is 5.42. The fourth-order valence-corrected chi connectivity index (χ4v) is 1.61. The maximum absolute atomic E-state index is 10.1. The van der Waals surface area contributed by atoms with Crippen LogP contribution in [0.15, 0.2) is 18.5 Å². The SMILES string of the molecule is CCCC(OC)C(O)c1cncc(OC)c1. The molecule has 0 spiro atoms. The number of aromatic nitrogens is 1. The number of rotatable bonds is 6. The number of methoxy groups -OCH3 is 2. The molecule has 0 saturated carbocycles. The van der Waals surface area contributed by atoms with E-state index in [1.54, 1.807) is 32.7 Å². The predicted octanol–water partition coefficient (Wildman–Crippen LogP) is 1.94. The summed E-state index contributed by atoms with van der Waals surface area (Å²) in [6.07, 6.45) is 4.17. The van der Waals surface area contributed by atoms with Gasteiger partial charge < -0.3 is 14.6 Å². The van der Waals surface area contributed by atoms with E-state index in [1.807, 2.05) is 0 Å². The van der Waals surface area contributed by atoms with Gasteiger partial charge in [-0.3, -0.25) is 4.98 Å². The van der Waals surface area contributed by atoms with Gasteiger partial charge in [0.2, 0.25) is 0 Å². The Morgan fingerprint density at radius 1 is 1.38 bits per heavy atom. The lowest BCUT2D eigenvalue weighted by Crippen LogP contribution is -2.20. The summed E-state index contributed by atoms with van der Waals surface area (Å²) in [5, 5.41) is 10.1. The van der Waals surface area contributed by atoms with E-state index in [-0.39, 0.29) is 6.10 Å². The van der Waals surface area contributed by atoms with Crippen molar-refractivity contribution in [2.45, 2.75) is 32.0 Å². The largest absolute Gasteiger partial charge is 0.495 e. The maximum Gasteiger partial charge on any atom is 0.137 e. The molecule has 0 aromatic carbocycles. The summed E-state index contributed by atoms with van der Waals surface area (Å²) in [4.78, 5) is 4.01. The van der Waals surface area contributed by atoms with Crippen LogP contribution in [0.4, 0.5) is 0 Å². The minimum atomic E-state index is -0.660. The molecule has 0 aliphatic carbocycles. The van der Waals surface area contributed by atoms with E-state index in [0.717, 1.165) is 18.4 Å². The molecule has 0 aliphatic heterocycles. The molecule has 0 aliphatic rings. The minimum Gasteiger partial charge on any atom is -0.495 e. The second kappa shape index (κ2) is 6.45. The van der Waals surface area contributed by atoms with Crippen LogP contribution in [0.25, 0.3) is 0 Å². The molecule has 0 bridgehead atoms. The van der Waals surface area contributed by atoms with E-state index in [0.29, 0.717) is 5.75 Å². The highest BCUT2D eigenvalue weighted by atomic mass is 16.5. The molecular weight excluding hydrogens is 206 g/mol. The molecule has 16 heavy (non-hydrogen) atoms. The van der Waals surface area contributed by atoms with Gasteiger partial charge >= 0.3 is 0 Å². The quantitative estimate of drug-likeness (QED) is 0.803. The Balaban J connectivity index is 2.80. The van der Waals surface area contributed by atoms with Gasteiger partial charge in [0.1, 0.15) is 11.9 Å². The van der Waals surface area contributed by atoms with Gasteiger partial charge in [-0.1, -0.05) is 13.3 Å². The summed E-state index contributed by atoms with van der Waals surface area (Å²) in [6.45, 7) is 2.06. The van der Waals surface area contributed by atoms with Crippen molar-refractivity contribution >= 4 is 0 Å². The normalized spacial score (nSPS) is 14.5. The van der Waals surface area contributed by atoms with Crippen molar-refractivity contribution in [3.63, 3.8) is 0 Å². The maximum atomic E-state index is 10.1. The van der Waals surface area contributed by atoms with Crippen molar-refractivity contribution < 1.29 is 14.6 Å². The van der Waals surface area contributed by atoms with Crippen LogP contribution in [-0.2, 0) is 4.74 Å². The van der Waals surface area contributed by atoms with Crippen molar-refractivity contribution in [2.24, 2.45) is 0 Å². The Hall–Kier alpha value is -1.13. The van der Waals surface area contributed by atoms with Crippen LogP contribution in [0.5, 0.6) is 5.75 Å². The van der Waals surface area contributed by atoms with E-state index in [9.17, 15) is 5.11 Å². The number of pyridine rings is 1.